The van der Waals surface area contributed by atoms with E-state index in [1.54, 1.807) is 14.2 Å². The Morgan fingerprint density at radius 1 is 0.938 bits per heavy atom. The SMILES string of the molecule is CCNC(=NCc1cccc(OCCN(C)CCOC)c1)NCc1ccc(OC)cc1.I. The molecular weight excluding hydrogens is 519 g/mol. The molecule has 178 valence electrons. The van der Waals surface area contributed by atoms with Crippen molar-refractivity contribution in [3.05, 3.63) is 59.7 Å². The van der Waals surface area contributed by atoms with Crippen LogP contribution in [0, 0.1) is 0 Å². The molecule has 7 nitrogen and oxygen atoms in total. The van der Waals surface area contributed by atoms with Crippen molar-refractivity contribution in [3.8, 4) is 11.5 Å². The molecule has 0 saturated heterocycles. The second-order valence-electron chi connectivity index (χ2n) is 7.19. The second-order valence-corrected chi connectivity index (χ2v) is 7.19. The smallest absolute Gasteiger partial charge is 0.191 e. The van der Waals surface area contributed by atoms with Crippen molar-refractivity contribution in [2.45, 2.75) is 20.0 Å². The van der Waals surface area contributed by atoms with E-state index in [0.717, 1.165) is 54.8 Å². The number of ether oxygens (including phenoxy) is 3. The number of hydrogen-bond acceptors (Lipinski definition) is 5. The van der Waals surface area contributed by atoms with Gasteiger partial charge in [-0.2, -0.15) is 0 Å². The van der Waals surface area contributed by atoms with E-state index in [0.29, 0.717) is 19.7 Å². The minimum Gasteiger partial charge on any atom is -0.497 e. The average Bonchev–Trinajstić information content (AvgIpc) is 2.80. The third-order valence-electron chi connectivity index (χ3n) is 4.70. The van der Waals surface area contributed by atoms with Crippen LogP contribution in [0.25, 0.3) is 0 Å². The Hall–Kier alpha value is -2.04. The lowest BCUT2D eigenvalue weighted by molar-refractivity contribution is 0.150. The lowest BCUT2D eigenvalue weighted by Gasteiger charge is -2.16. The Balaban J connectivity index is 0.00000512. The molecular formula is C24H37IN4O3. The van der Waals surface area contributed by atoms with Gasteiger partial charge in [0, 0.05) is 33.3 Å². The highest BCUT2D eigenvalue weighted by molar-refractivity contribution is 14.0. The van der Waals surface area contributed by atoms with Crippen LogP contribution < -0.4 is 20.1 Å². The van der Waals surface area contributed by atoms with E-state index in [1.165, 1.54) is 0 Å². The van der Waals surface area contributed by atoms with Gasteiger partial charge in [0.15, 0.2) is 5.96 Å². The summed E-state index contributed by atoms with van der Waals surface area (Å²) in [6.45, 7) is 7.23. The van der Waals surface area contributed by atoms with Crippen LogP contribution in [-0.2, 0) is 17.8 Å². The summed E-state index contributed by atoms with van der Waals surface area (Å²) in [5.74, 6) is 2.50. The van der Waals surface area contributed by atoms with Crippen molar-refractivity contribution >= 4 is 29.9 Å². The van der Waals surface area contributed by atoms with Crippen LogP contribution in [0.1, 0.15) is 18.1 Å². The third kappa shape index (κ3) is 11.0. The summed E-state index contributed by atoms with van der Waals surface area (Å²) < 4.78 is 16.2. The molecule has 0 aliphatic heterocycles. The highest BCUT2D eigenvalue weighted by Crippen LogP contribution is 2.14. The fourth-order valence-corrected chi connectivity index (χ4v) is 2.85. The number of halogens is 1. The van der Waals surface area contributed by atoms with E-state index >= 15 is 0 Å². The summed E-state index contributed by atoms with van der Waals surface area (Å²) >= 11 is 0. The summed E-state index contributed by atoms with van der Waals surface area (Å²) in [4.78, 5) is 6.90. The Labute approximate surface area is 209 Å². The lowest BCUT2D eigenvalue weighted by Crippen LogP contribution is -2.36. The fraction of sp³-hybridized carbons (Fsp3) is 0.458. The van der Waals surface area contributed by atoms with Gasteiger partial charge >= 0.3 is 0 Å². The molecule has 0 saturated carbocycles. The monoisotopic (exact) mass is 556 g/mol. The molecule has 0 radical (unpaired) electrons. The molecule has 0 aliphatic carbocycles. The van der Waals surface area contributed by atoms with Crippen molar-refractivity contribution < 1.29 is 14.2 Å². The zero-order valence-electron chi connectivity index (χ0n) is 19.6. The molecule has 0 atom stereocenters. The molecule has 2 N–H and O–H groups in total. The minimum absolute atomic E-state index is 0. The Bertz CT molecular complexity index is 787. The van der Waals surface area contributed by atoms with Gasteiger partial charge in [0.25, 0.3) is 0 Å². The molecule has 0 heterocycles. The Kier molecular flexibility index (Phi) is 14.5. The van der Waals surface area contributed by atoms with E-state index in [1.807, 2.05) is 42.5 Å². The van der Waals surface area contributed by atoms with Crippen molar-refractivity contribution in [2.75, 3.05) is 54.1 Å². The maximum atomic E-state index is 5.90. The zero-order valence-corrected chi connectivity index (χ0v) is 21.9. The van der Waals surface area contributed by atoms with Gasteiger partial charge in [0.1, 0.15) is 18.1 Å². The number of methoxy groups -OCH3 is 2. The van der Waals surface area contributed by atoms with Gasteiger partial charge in [-0.1, -0.05) is 24.3 Å². The van der Waals surface area contributed by atoms with Crippen molar-refractivity contribution in [2.24, 2.45) is 4.99 Å². The quantitative estimate of drug-likeness (QED) is 0.224. The highest BCUT2D eigenvalue weighted by atomic mass is 127. The molecule has 0 amide bonds. The highest BCUT2D eigenvalue weighted by Gasteiger charge is 2.02. The molecule has 0 aliphatic rings. The van der Waals surface area contributed by atoms with Crippen LogP contribution in [0.3, 0.4) is 0 Å². The van der Waals surface area contributed by atoms with E-state index in [9.17, 15) is 0 Å². The minimum atomic E-state index is 0. The summed E-state index contributed by atoms with van der Waals surface area (Å²) in [7, 11) is 5.45. The normalized spacial score (nSPS) is 11.1. The molecule has 0 aromatic heterocycles. The van der Waals surface area contributed by atoms with Crippen LogP contribution in [0.15, 0.2) is 53.5 Å². The van der Waals surface area contributed by atoms with Gasteiger partial charge in [-0.25, -0.2) is 4.99 Å². The first-order chi connectivity index (χ1) is 15.1. The number of rotatable bonds is 13. The van der Waals surface area contributed by atoms with Gasteiger partial charge in [-0.3, -0.25) is 0 Å². The van der Waals surface area contributed by atoms with Gasteiger partial charge < -0.3 is 29.7 Å². The molecule has 0 unspecified atom stereocenters. The second kappa shape index (κ2) is 16.6. The van der Waals surface area contributed by atoms with Gasteiger partial charge in [0.05, 0.1) is 20.3 Å². The van der Waals surface area contributed by atoms with E-state index in [4.69, 9.17) is 19.2 Å². The molecule has 2 aromatic carbocycles. The third-order valence-corrected chi connectivity index (χ3v) is 4.70. The molecule has 2 rings (SSSR count). The standard InChI is InChI=1S/C24H36N4O3.HI/c1-5-25-24(26-18-20-9-11-22(30-4)12-10-20)27-19-21-7-6-8-23(17-21)31-16-14-28(2)13-15-29-3;/h6-12,17H,5,13-16,18-19H2,1-4H3,(H2,25,26,27);1H. The molecule has 32 heavy (non-hydrogen) atoms. The van der Waals surface area contributed by atoms with E-state index in [2.05, 4.69) is 35.6 Å². The van der Waals surface area contributed by atoms with E-state index < -0.39 is 0 Å². The van der Waals surface area contributed by atoms with Crippen molar-refractivity contribution in [1.82, 2.24) is 15.5 Å². The lowest BCUT2D eigenvalue weighted by atomic mass is 10.2. The van der Waals surface area contributed by atoms with Crippen LogP contribution in [0.2, 0.25) is 0 Å². The fourth-order valence-electron chi connectivity index (χ4n) is 2.85. The average molecular weight is 556 g/mol. The summed E-state index contributed by atoms with van der Waals surface area (Å²) in [5.41, 5.74) is 2.27. The first-order valence-corrected chi connectivity index (χ1v) is 10.7. The topological polar surface area (TPSA) is 67.4 Å². The van der Waals surface area contributed by atoms with Crippen molar-refractivity contribution in [1.29, 1.82) is 0 Å². The Morgan fingerprint density at radius 2 is 1.69 bits per heavy atom. The van der Waals surface area contributed by atoms with Crippen LogP contribution in [0.5, 0.6) is 11.5 Å². The zero-order chi connectivity index (χ0) is 22.3. The molecule has 0 spiro atoms. The molecule has 0 bridgehead atoms. The maximum absolute atomic E-state index is 5.90. The van der Waals surface area contributed by atoms with Gasteiger partial charge in [-0.15, -0.1) is 24.0 Å². The number of nitrogens with zero attached hydrogens (tertiary/aromatic N) is 2. The predicted octanol–water partition coefficient (Wildman–Crippen LogP) is 3.53. The first kappa shape index (κ1) is 28.0. The van der Waals surface area contributed by atoms with Crippen LogP contribution in [0.4, 0.5) is 0 Å². The van der Waals surface area contributed by atoms with E-state index in [-0.39, 0.29) is 24.0 Å². The molecule has 0 fully saturated rings. The number of likely N-dealkylation sites (N-methyl/N-ethyl adjacent to an activating group) is 1. The maximum Gasteiger partial charge on any atom is 0.191 e. The van der Waals surface area contributed by atoms with Gasteiger partial charge in [0.2, 0.25) is 0 Å². The Morgan fingerprint density at radius 3 is 2.38 bits per heavy atom. The number of aliphatic imine (C=N–C) groups is 1. The number of hydrogen-bond donors (Lipinski definition) is 2. The largest absolute Gasteiger partial charge is 0.497 e. The van der Waals surface area contributed by atoms with Crippen LogP contribution >= 0.6 is 24.0 Å². The van der Waals surface area contributed by atoms with Crippen molar-refractivity contribution in [3.63, 3.8) is 0 Å². The molecule has 8 heteroatoms. The predicted molar refractivity (Wildman–Crippen MR) is 141 cm³/mol. The number of nitrogens with one attached hydrogen (secondary N) is 2. The first-order valence-electron chi connectivity index (χ1n) is 10.7. The number of guanidine groups is 1. The summed E-state index contributed by atoms with van der Waals surface area (Å²) in [6, 6.07) is 16.1. The summed E-state index contributed by atoms with van der Waals surface area (Å²) in [5, 5.41) is 6.66. The molecule has 2 aromatic rings. The number of benzene rings is 2. The summed E-state index contributed by atoms with van der Waals surface area (Å²) in [6.07, 6.45) is 0. The van der Waals surface area contributed by atoms with Gasteiger partial charge in [-0.05, 0) is 49.4 Å². The van der Waals surface area contributed by atoms with Crippen LogP contribution in [-0.4, -0.2) is 65.0 Å².